The lowest BCUT2D eigenvalue weighted by atomic mass is 9.77. The molecule has 0 saturated carbocycles. The normalized spacial score (nSPS) is 16.0. The third-order valence-electron chi connectivity index (χ3n) is 8.43. The van der Waals surface area contributed by atoms with Gasteiger partial charge in [-0.1, -0.05) is 25.4 Å². The second kappa shape index (κ2) is 14.8. The summed E-state index contributed by atoms with van der Waals surface area (Å²) in [5.74, 6) is -0.970. The third-order valence-corrected chi connectivity index (χ3v) is 10.5. The molecule has 4 rings (SSSR count). The Morgan fingerprint density at radius 2 is 1.67 bits per heavy atom. The van der Waals surface area contributed by atoms with Crippen molar-refractivity contribution in [2.75, 3.05) is 43.0 Å². The number of hydrogen-bond acceptors (Lipinski definition) is 8. The highest BCUT2D eigenvalue weighted by Gasteiger charge is 2.54. The molecule has 3 aromatic carbocycles. The number of benzene rings is 3. The smallest absolute Gasteiger partial charge is 0.271 e. The van der Waals surface area contributed by atoms with E-state index in [9.17, 15) is 22.8 Å². The van der Waals surface area contributed by atoms with Gasteiger partial charge in [0.2, 0.25) is 5.91 Å². The number of amides is 3. The zero-order chi connectivity index (χ0) is 36.3. The van der Waals surface area contributed by atoms with Gasteiger partial charge in [0, 0.05) is 40.8 Å². The van der Waals surface area contributed by atoms with Gasteiger partial charge in [-0.3, -0.25) is 14.4 Å². The van der Waals surface area contributed by atoms with Gasteiger partial charge in [-0.2, -0.15) is 0 Å². The van der Waals surface area contributed by atoms with Crippen LogP contribution in [0.2, 0.25) is 5.02 Å². The summed E-state index contributed by atoms with van der Waals surface area (Å²) in [5, 5.41) is 5.94. The van der Waals surface area contributed by atoms with E-state index in [-0.39, 0.29) is 39.2 Å². The van der Waals surface area contributed by atoms with Crippen molar-refractivity contribution in [3.05, 3.63) is 76.3 Å². The number of fused-ring (bicyclic) bond motifs is 1. The van der Waals surface area contributed by atoms with Gasteiger partial charge >= 0.3 is 0 Å². The number of carbonyl (C=O) groups excluding carboxylic acids is 3. The number of sulfonamides is 1. The highest BCUT2D eigenvalue weighted by atomic mass is 35.5. The van der Waals surface area contributed by atoms with Crippen molar-refractivity contribution < 1.29 is 32.3 Å². The minimum Gasteiger partial charge on any atom is -0.496 e. The van der Waals surface area contributed by atoms with Crippen molar-refractivity contribution in [2.24, 2.45) is 0 Å². The Labute approximate surface area is 294 Å². The number of nitrogens with one attached hydrogen (secondary N) is 2. The summed E-state index contributed by atoms with van der Waals surface area (Å²) >= 11 is 6.76. The van der Waals surface area contributed by atoms with Gasteiger partial charge in [0.1, 0.15) is 16.9 Å². The third kappa shape index (κ3) is 7.71. The maximum atomic E-state index is 14.6. The second-order valence-electron chi connectivity index (χ2n) is 12.9. The summed E-state index contributed by atoms with van der Waals surface area (Å²) in [6.07, 6.45) is 0.266. The number of nitrogens with zero attached hydrogens (tertiary/aromatic N) is 2. The molecule has 264 valence electrons. The van der Waals surface area contributed by atoms with E-state index in [1.165, 1.54) is 31.4 Å². The van der Waals surface area contributed by atoms with Gasteiger partial charge in [-0.25, -0.2) is 12.7 Å². The van der Waals surface area contributed by atoms with E-state index < -0.39 is 32.8 Å². The largest absolute Gasteiger partial charge is 0.496 e. The molecule has 0 radical (unpaired) electrons. The number of halogens is 1. The van der Waals surface area contributed by atoms with Crippen LogP contribution in [0, 0.1) is 0 Å². The molecule has 0 fully saturated rings. The Bertz CT molecular complexity index is 1850. The van der Waals surface area contributed by atoms with Crippen molar-refractivity contribution in [2.45, 2.75) is 70.7 Å². The zero-order valence-corrected chi connectivity index (χ0v) is 30.8. The van der Waals surface area contributed by atoms with Crippen LogP contribution in [0.15, 0.2) is 59.5 Å². The Morgan fingerprint density at radius 1 is 0.980 bits per heavy atom. The molecule has 11 nitrogen and oxygen atoms in total. The predicted octanol–water partition coefficient (Wildman–Crippen LogP) is 5.99. The molecule has 13 heteroatoms. The minimum absolute atomic E-state index is 0.0247. The monoisotopic (exact) mass is 712 g/mol. The van der Waals surface area contributed by atoms with Crippen LogP contribution in [-0.4, -0.2) is 69.9 Å². The van der Waals surface area contributed by atoms with Gasteiger partial charge in [0.25, 0.3) is 21.8 Å². The molecule has 2 N–H and O–H groups in total. The van der Waals surface area contributed by atoms with Crippen molar-refractivity contribution in [3.8, 4) is 11.5 Å². The number of rotatable bonds is 13. The molecule has 49 heavy (non-hydrogen) atoms. The Balaban J connectivity index is 1.80. The Kier molecular flexibility index (Phi) is 11.4. The molecule has 0 bridgehead atoms. The lowest BCUT2D eigenvalue weighted by Gasteiger charge is -2.27. The van der Waals surface area contributed by atoms with E-state index in [1.54, 1.807) is 37.3 Å². The van der Waals surface area contributed by atoms with E-state index in [4.69, 9.17) is 21.1 Å². The van der Waals surface area contributed by atoms with Crippen LogP contribution in [-0.2, 0) is 25.0 Å². The maximum absolute atomic E-state index is 14.6. The fourth-order valence-corrected chi connectivity index (χ4v) is 7.65. The molecular formula is C36H45ClN4O7S. The summed E-state index contributed by atoms with van der Waals surface area (Å²) < 4.78 is 40.8. The number of carbonyl (C=O) groups is 3. The molecule has 1 aliphatic heterocycles. The van der Waals surface area contributed by atoms with Gasteiger partial charge < -0.3 is 25.0 Å². The first-order valence-corrected chi connectivity index (χ1v) is 18.0. The van der Waals surface area contributed by atoms with Crippen LogP contribution in [0.4, 0.5) is 11.4 Å². The van der Waals surface area contributed by atoms with Crippen LogP contribution in [0.3, 0.4) is 0 Å². The van der Waals surface area contributed by atoms with E-state index in [2.05, 4.69) is 15.5 Å². The summed E-state index contributed by atoms with van der Waals surface area (Å²) in [4.78, 5) is 42.4. The van der Waals surface area contributed by atoms with Crippen LogP contribution in [0.5, 0.6) is 11.5 Å². The molecule has 1 unspecified atom stereocenters. The first-order chi connectivity index (χ1) is 23.0. The summed E-state index contributed by atoms with van der Waals surface area (Å²) in [6, 6.07) is 13.4. The molecule has 3 aromatic rings. The fourth-order valence-electron chi connectivity index (χ4n) is 5.82. The van der Waals surface area contributed by atoms with Crippen molar-refractivity contribution in [1.29, 1.82) is 0 Å². The van der Waals surface area contributed by atoms with E-state index in [0.717, 1.165) is 17.4 Å². The fraction of sp³-hybridized carbons (Fsp3) is 0.417. The first-order valence-electron chi connectivity index (χ1n) is 16.2. The van der Waals surface area contributed by atoms with Gasteiger partial charge in [-0.05, 0) is 102 Å². The van der Waals surface area contributed by atoms with Crippen LogP contribution < -0.4 is 24.4 Å². The molecule has 0 saturated heterocycles. The molecule has 0 aromatic heterocycles. The van der Waals surface area contributed by atoms with Gasteiger partial charge in [0.05, 0.1) is 29.9 Å². The van der Waals surface area contributed by atoms with E-state index >= 15 is 0 Å². The highest BCUT2D eigenvalue weighted by Crippen LogP contribution is 2.51. The van der Waals surface area contributed by atoms with E-state index in [1.807, 2.05) is 41.5 Å². The maximum Gasteiger partial charge on any atom is 0.271 e. The van der Waals surface area contributed by atoms with Crippen molar-refractivity contribution >= 4 is 50.7 Å². The molecular weight excluding hydrogens is 668 g/mol. The average Bonchev–Trinajstić information content (AvgIpc) is 3.28. The quantitative estimate of drug-likeness (QED) is 0.221. The summed E-state index contributed by atoms with van der Waals surface area (Å²) in [5.41, 5.74) is -0.822. The summed E-state index contributed by atoms with van der Waals surface area (Å²) in [7, 11) is -3.23. The lowest BCUT2D eigenvalue weighted by molar-refractivity contribution is -0.120. The van der Waals surface area contributed by atoms with Gasteiger partial charge in [-0.15, -0.1) is 0 Å². The number of anilines is 2. The Hall–Kier alpha value is -4.13. The molecule has 1 heterocycles. The molecule has 0 aliphatic carbocycles. The molecule has 3 amide bonds. The first kappa shape index (κ1) is 37.7. The highest BCUT2D eigenvalue weighted by molar-refractivity contribution is 7.93. The SMILES string of the molecule is CCOc1ccc2c(c1)C(C)(c1cc(NC(=O)CCN(CC)CC)ccc1Cl)C(=O)N2S(=O)(=O)c1ccc(C(=O)NC(C)(C)C)c(OC)c1. The van der Waals surface area contributed by atoms with Crippen molar-refractivity contribution in [3.63, 3.8) is 0 Å². The molecule has 1 aliphatic rings. The summed E-state index contributed by atoms with van der Waals surface area (Å²) in [6.45, 7) is 15.5. The number of hydrogen-bond donors (Lipinski definition) is 2. The molecule has 0 spiro atoms. The van der Waals surface area contributed by atoms with Crippen molar-refractivity contribution in [1.82, 2.24) is 10.2 Å². The minimum atomic E-state index is -4.56. The second-order valence-corrected chi connectivity index (χ2v) is 15.1. The van der Waals surface area contributed by atoms with Crippen LogP contribution >= 0.6 is 11.6 Å². The molecule has 1 atom stereocenters. The lowest BCUT2D eigenvalue weighted by Crippen LogP contribution is -2.42. The average molecular weight is 713 g/mol. The Morgan fingerprint density at radius 3 is 2.29 bits per heavy atom. The predicted molar refractivity (Wildman–Crippen MR) is 191 cm³/mol. The number of methoxy groups -OCH3 is 1. The van der Waals surface area contributed by atoms with E-state index in [0.29, 0.717) is 35.7 Å². The van der Waals surface area contributed by atoms with Crippen LogP contribution in [0.25, 0.3) is 0 Å². The topological polar surface area (TPSA) is 134 Å². The standard InChI is InChI=1S/C36H45ClN4O7S/c1-9-40(10-2)19-18-32(42)38-23-12-16-29(37)27(20-23)36(7)28-21-24(48-11-3)13-17-30(28)41(34(36)44)49(45,46)25-14-15-26(31(22-25)47-8)33(43)39-35(4,5)6/h12-17,20-22H,9-11,18-19H2,1-8H3,(H,38,42)(H,39,43). The number of ether oxygens (including phenoxy) is 2. The van der Waals surface area contributed by atoms with Gasteiger partial charge in [0.15, 0.2) is 0 Å². The zero-order valence-electron chi connectivity index (χ0n) is 29.3. The van der Waals surface area contributed by atoms with Crippen LogP contribution in [0.1, 0.15) is 76.4 Å².